The predicted molar refractivity (Wildman–Crippen MR) is 105 cm³/mol. The molecule has 0 bridgehead atoms. The zero-order valence-corrected chi connectivity index (χ0v) is 16.7. The first kappa shape index (κ1) is 18.5. The van der Waals surface area contributed by atoms with E-state index in [1.165, 1.54) is 18.9 Å². The second-order valence-electron chi connectivity index (χ2n) is 5.77. The van der Waals surface area contributed by atoms with E-state index in [1.54, 1.807) is 35.8 Å². The smallest absolute Gasteiger partial charge is 0.337 e. The standard InChI is InChI=1S/C19H15N3O4S2/c1-11-15(7-8-25-11)16-21-22-19(26-16)28-10-14-9-27-17(20-14)12-3-5-13(6-4-12)18(23)24-2/h3-9H,10H2,1-2H3. The highest BCUT2D eigenvalue weighted by atomic mass is 32.2. The Morgan fingerprint density at radius 3 is 2.75 bits per heavy atom. The molecule has 0 fully saturated rings. The molecule has 7 nitrogen and oxygen atoms in total. The number of furan rings is 1. The number of carbonyl (C=O) groups excluding carboxylic acids is 1. The number of aromatic nitrogens is 3. The highest BCUT2D eigenvalue weighted by molar-refractivity contribution is 7.98. The van der Waals surface area contributed by atoms with Gasteiger partial charge in [0.05, 0.1) is 30.2 Å². The lowest BCUT2D eigenvalue weighted by Crippen LogP contribution is -2.00. The number of thioether (sulfide) groups is 1. The van der Waals surface area contributed by atoms with Gasteiger partial charge in [-0.15, -0.1) is 21.5 Å². The van der Waals surface area contributed by atoms with E-state index in [2.05, 4.69) is 15.2 Å². The molecule has 1 aromatic carbocycles. The maximum atomic E-state index is 11.5. The van der Waals surface area contributed by atoms with Crippen molar-refractivity contribution in [3.8, 4) is 22.0 Å². The zero-order valence-electron chi connectivity index (χ0n) is 15.0. The van der Waals surface area contributed by atoms with Crippen LogP contribution in [0.25, 0.3) is 22.0 Å². The molecule has 3 heterocycles. The number of ether oxygens (including phenoxy) is 1. The largest absolute Gasteiger partial charge is 0.469 e. The molecule has 0 saturated heterocycles. The Balaban J connectivity index is 1.41. The highest BCUT2D eigenvalue weighted by Crippen LogP contribution is 2.30. The zero-order chi connectivity index (χ0) is 19.5. The number of hydrogen-bond acceptors (Lipinski definition) is 9. The first-order valence-corrected chi connectivity index (χ1v) is 10.1. The van der Waals surface area contributed by atoms with Crippen molar-refractivity contribution in [2.45, 2.75) is 17.9 Å². The van der Waals surface area contributed by atoms with Crippen LogP contribution in [-0.4, -0.2) is 28.3 Å². The van der Waals surface area contributed by atoms with Gasteiger partial charge in [-0.2, -0.15) is 0 Å². The molecule has 4 aromatic rings. The number of hydrogen-bond donors (Lipinski definition) is 0. The van der Waals surface area contributed by atoms with E-state index in [-0.39, 0.29) is 5.97 Å². The van der Waals surface area contributed by atoms with Gasteiger partial charge in [0, 0.05) is 16.7 Å². The van der Waals surface area contributed by atoms with Crippen molar-refractivity contribution in [3.63, 3.8) is 0 Å². The van der Waals surface area contributed by atoms with Gasteiger partial charge in [-0.1, -0.05) is 23.9 Å². The molecular formula is C19H15N3O4S2. The molecule has 9 heteroatoms. The van der Waals surface area contributed by atoms with Crippen LogP contribution < -0.4 is 0 Å². The van der Waals surface area contributed by atoms with E-state index < -0.39 is 0 Å². The van der Waals surface area contributed by atoms with Gasteiger partial charge >= 0.3 is 5.97 Å². The lowest BCUT2D eigenvalue weighted by Gasteiger charge is -2.00. The molecular weight excluding hydrogens is 398 g/mol. The Bertz CT molecular complexity index is 1100. The van der Waals surface area contributed by atoms with Crippen LogP contribution in [0.3, 0.4) is 0 Å². The van der Waals surface area contributed by atoms with E-state index in [0.29, 0.717) is 22.4 Å². The molecule has 0 saturated carbocycles. The number of nitrogens with zero attached hydrogens (tertiary/aromatic N) is 3. The summed E-state index contributed by atoms with van der Waals surface area (Å²) in [6, 6.07) is 8.98. The molecule has 0 spiro atoms. The molecule has 28 heavy (non-hydrogen) atoms. The second kappa shape index (κ2) is 7.99. The third-order valence-electron chi connectivity index (χ3n) is 3.94. The Morgan fingerprint density at radius 1 is 1.21 bits per heavy atom. The van der Waals surface area contributed by atoms with Crippen molar-refractivity contribution in [2.24, 2.45) is 0 Å². The van der Waals surface area contributed by atoms with E-state index in [4.69, 9.17) is 13.6 Å². The predicted octanol–water partition coefficient (Wildman–Crippen LogP) is 4.84. The molecule has 0 aliphatic heterocycles. The number of rotatable bonds is 6. The average Bonchev–Trinajstić information content (AvgIpc) is 3.46. The molecule has 0 aliphatic carbocycles. The van der Waals surface area contributed by atoms with Crippen LogP contribution in [0.4, 0.5) is 0 Å². The monoisotopic (exact) mass is 413 g/mol. The lowest BCUT2D eigenvalue weighted by molar-refractivity contribution is 0.0600. The van der Waals surface area contributed by atoms with Crippen LogP contribution in [0.5, 0.6) is 0 Å². The Kier molecular flexibility index (Phi) is 5.27. The Morgan fingerprint density at radius 2 is 2.04 bits per heavy atom. The van der Waals surface area contributed by atoms with Crippen LogP contribution >= 0.6 is 23.1 Å². The van der Waals surface area contributed by atoms with Crippen LogP contribution in [0, 0.1) is 6.92 Å². The van der Waals surface area contributed by atoms with Gasteiger partial charge in [-0.25, -0.2) is 9.78 Å². The first-order valence-electron chi connectivity index (χ1n) is 8.28. The van der Waals surface area contributed by atoms with E-state index in [1.807, 2.05) is 24.4 Å². The van der Waals surface area contributed by atoms with Crippen LogP contribution in [-0.2, 0) is 10.5 Å². The summed E-state index contributed by atoms with van der Waals surface area (Å²) in [5.74, 6) is 1.44. The molecule has 142 valence electrons. The number of methoxy groups -OCH3 is 1. The van der Waals surface area contributed by atoms with E-state index in [9.17, 15) is 4.79 Å². The van der Waals surface area contributed by atoms with Crippen LogP contribution in [0.2, 0.25) is 0 Å². The summed E-state index contributed by atoms with van der Waals surface area (Å²) in [5.41, 5.74) is 3.18. The van der Waals surface area contributed by atoms with Crippen molar-refractivity contribution in [2.75, 3.05) is 7.11 Å². The molecule has 0 N–H and O–H groups in total. The SMILES string of the molecule is COC(=O)c1ccc(-c2nc(CSc3nnc(-c4ccoc4C)o3)cs2)cc1. The summed E-state index contributed by atoms with van der Waals surface area (Å²) in [6.45, 7) is 1.85. The maximum Gasteiger partial charge on any atom is 0.337 e. The van der Waals surface area contributed by atoms with Gasteiger partial charge < -0.3 is 13.6 Å². The Labute approximate surface area is 168 Å². The summed E-state index contributed by atoms with van der Waals surface area (Å²) in [5, 5.41) is 11.5. The minimum Gasteiger partial charge on any atom is -0.469 e. The molecule has 3 aromatic heterocycles. The van der Waals surface area contributed by atoms with Gasteiger partial charge in [0.15, 0.2) is 0 Å². The molecule has 0 radical (unpaired) electrons. The molecule has 0 atom stereocenters. The van der Waals surface area contributed by atoms with Crippen molar-refractivity contribution in [1.82, 2.24) is 15.2 Å². The fraction of sp³-hybridized carbons (Fsp3) is 0.158. The van der Waals surface area contributed by atoms with Gasteiger partial charge in [-0.05, 0) is 25.1 Å². The normalized spacial score (nSPS) is 10.9. The number of thiazole rings is 1. The summed E-state index contributed by atoms with van der Waals surface area (Å²) in [4.78, 5) is 16.2. The molecule has 4 rings (SSSR count). The molecule has 0 unspecified atom stereocenters. The van der Waals surface area contributed by atoms with Crippen molar-refractivity contribution >= 4 is 29.1 Å². The number of carbonyl (C=O) groups is 1. The van der Waals surface area contributed by atoms with Gasteiger partial charge in [0.25, 0.3) is 11.1 Å². The van der Waals surface area contributed by atoms with Crippen LogP contribution in [0.15, 0.2) is 56.0 Å². The minimum atomic E-state index is -0.354. The third-order valence-corrected chi connectivity index (χ3v) is 5.74. The Hall–Kier alpha value is -2.91. The fourth-order valence-corrected chi connectivity index (χ4v) is 4.08. The van der Waals surface area contributed by atoms with Gasteiger partial charge in [-0.3, -0.25) is 0 Å². The summed E-state index contributed by atoms with van der Waals surface area (Å²) >= 11 is 2.97. The van der Waals surface area contributed by atoms with Crippen molar-refractivity contribution < 1.29 is 18.4 Å². The summed E-state index contributed by atoms with van der Waals surface area (Å²) in [7, 11) is 1.36. The van der Waals surface area contributed by atoms with Crippen molar-refractivity contribution in [1.29, 1.82) is 0 Å². The summed E-state index contributed by atoms with van der Waals surface area (Å²) in [6.07, 6.45) is 1.59. The number of esters is 1. The van der Waals surface area contributed by atoms with Crippen molar-refractivity contribution in [3.05, 3.63) is 59.0 Å². The van der Waals surface area contributed by atoms with Gasteiger partial charge in [0.1, 0.15) is 10.8 Å². The third kappa shape index (κ3) is 3.85. The fourth-order valence-electron chi connectivity index (χ4n) is 2.49. The summed E-state index contributed by atoms with van der Waals surface area (Å²) < 4.78 is 15.7. The maximum absolute atomic E-state index is 11.5. The molecule has 0 amide bonds. The number of aryl methyl sites for hydroxylation is 1. The average molecular weight is 413 g/mol. The molecule has 0 aliphatic rings. The minimum absolute atomic E-state index is 0.354. The lowest BCUT2D eigenvalue weighted by atomic mass is 10.1. The highest BCUT2D eigenvalue weighted by Gasteiger charge is 2.14. The van der Waals surface area contributed by atoms with E-state index in [0.717, 1.165) is 27.6 Å². The van der Waals surface area contributed by atoms with Crippen LogP contribution in [0.1, 0.15) is 21.8 Å². The van der Waals surface area contributed by atoms with E-state index >= 15 is 0 Å². The second-order valence-corrected chi connectivity index (χ2v) is 7.55. The topological polar surface area (TPSA) is 91.2 Å². The van der Waals surface area contributed by atoms with Gasteiger partial charge in [0.2, 0.25) is 0 Å². The quantitative estimate of drug-likeness (QED) is 0.327. The number of benzene rings is 1. The first-order chi connectivity index (χ1) is 13.6.